The Hall–Kier alpha value is -0.835. The lowest BCUT2D eigenvalue weighted by atomic mass is 9.75. The van der Waals surface area contributed by atoms with Gasteiger partial charge in [-0.3, -0.25) is 0 Å². The minimum atomic E-state index is -0.434. The SMILES string of the molecule is CC(O)c1ccc(B2OCC(C)(C)CO2)cc1. The summed E-state index contributed by atoms with van der Waals surface area (Å²) in [5.74, 6) is 0. The van der Waals surface area contributed by atoms with Crippen molar-refractivity contribution in [2.45, 2.75) is 26.9 Å². The Bertz CT molecular complexity index is 363. The molecular weight excluding hydrogens is 215 g/mol. The molecule has 1 saturated heterocycles. The zero-order valence-electron chi connectivity index (χ0n) is 10.6. The molecule has 1 N–H and O–H groups in total. The molecule has 1 fully saturated rings. The van der Waals surface area contributed by atoms with Gasteiger partial charge in [-0.25, -0.2) is 0 Å². The maximum absolute atomic E-state index is 9.43. The molecule has 17 heavy (non-hydrogen) atoms. The van der Waals surface area contributed by atoms with Crippen LogP contribution >= 0.6 is 0 Å². The van der Waals surface area contributed by atoms with Gasteiger partial charge < -0.3 is 14.4 Å². The van der Waals surface area contributed by atoms with Crippen molar-refractivity contribution in [2.75, 3.05) is 13.2 Å². The van der Waals surface area contributed by atoms with Gasteiger partial charge in [0.2, 0.25) is 0 Å². The molecule has 1 aromatic carbocycles. The molecular formula is C13H19BO3. The summed E-state index contributed by atoms with van der Waals surface area (Å²) in [4.78, 5) is 0. The minimum absolute atomic E-state index is 0.0933. The molecule has 1 aromatic rings. The van der Waals surface area contributed by atoms with Gasteiger partial charge in [0, 0.05) is 18.6 Å². The van der Waals surface area contributed by atoms with E-state index in [0.717, 1.165) is 11.0 Å². The van der Waals surface area contributed by atoms with E-state index in [1.807, 2.05) is 24.3 Å². The summed E-state index contributed by atoms with van der Waals surface area (Å²) >= 11 is 0. The Morgan fingerprint density at radius 1 is 1.18 bits per heavy atom. The number of hydrogen-bond acceptors (Lipinski definition) is 3. The largest absolute Gasteiger partial charge is 0.493 e. The second-order valence-corrected chi connectivity index (χ2v) is 5.46. The van der Waals surface area contributed by atoms with Crippen LogP contribution in [0.2, 0.25) is 0 Å². The molecule has 2 rings (SSSR count). The number of aliphatic hydroxyl groups is 1. The highest BCUT2D eigenvalue weighted by Crippen LogP contribution is 2.21. The lowest BCUT2D eigenvalue weighted by Crippen LogP contribution is -2.47. The maximum atomic E-state index is 9.43. The van der Waals surface area contributed by atoms with Crippen molar-refractivity contribution in [1.82, 2.24) is 0 Å². The molecule has 1 unspecified atom stereocenters. The van der Waals surface area contributed by atoms with Gasteiger partial charge in [-0.2, -0.15) is 0 Å². The summed E-state index contributed by atoms with van der Waals surface area (Å²) in [7, 11) is -0.272. The fraction of sp³-hybridized carbons (Fsp3) is 0.538. The molecule has 1 aliphatic heterocycles. The van der Waals surface area contributed by atoms with Gasteiger partial charge in [0.1, 0.15) is 0 Å². The Balaban J connectivity index is 2.04. The van der Waals surface area contributed by atoms with Crippen LogP contribution in [0.5, 0.6) is 0 Å². The number of benzene rings is 1. The predicted molar refractivity (Wildman–Crippen MR) is 68.1 cm³/mol. The molecule has 1 aliphatic rings. The van der Waals surface area contributed by atoms with Crippen molar-refractivity contribution in [3.05, 3.63) is 29.8 Å². The molecule has 0 radical (unpaired) electrons. The van der Waals surface area contributed by atoms with Crippen molar-refractivity contribution < 1.29 is 14.4 Å². The van der Waals surface area contributed by atoms with E-state index in [2.05, 4.69) is 13.8 Å². The van der Waals surface area contributed by atoms with Crippen molar-refractivity contribution in [3.63, 3.8) is 0 Å². The Morgan fingerprint density at radius 2 is 1.71 bits per heavy atom. The third-order valence-corrected chi connectivity index (χ3v) is 2.94. The smallest absolute Gasteiger partial charge is 0.407 e. The van der Waals surface area contributed by atoms with Gasteiger partial charge in [-0.05, 0) is 17.9 Å². The first-order valence-corrected chi connectivity index (χ1v) is 5.99. The van der Waals surface area contributed by atoms with Gasteiger partial charge in [-0.1, -0.05) is 38.1 Å². The summed E-state index contributed by atoms with van der Waals surface area (Å²) in [6.45, 7) is 7.41. The van der Waals surface area contributed by atoms with E-state index in [1.165, 1.54) is 0 Å². The van der Waals surface area contributed by atoms with Crippen molar-refractivity contribution in [1.29, 1.82) is 0 Å². The Labute approximate surface area is 103 Å². The summed E-state index contributed by atoms with van der Waals surface area (Å²) < 4.78 is 11.4. The lowest BCUT2D eigenvalue weighted by molar-refractivity contribution is 0.0343. The third-order valence-electron chi connectivity index (χ3n) is 2.94. The van der Waals surface area contributed by atoms with Crippen LogP contribution in [-0.4, -0.2) is 25.4 Å². The second kappa shape index (κ2) is 4.80. The van der Waals surface area contributed by atoms with Gasteiger partial charge in [0.05, 0.1) is 6.10 Å². The topological polar surface area (TPSA) is 38.7 Å². The highest BCUT2D eigenvalue weighted by atomic mass is 16.6. The molecule has 92 valence electrons. The molecule has 0 spiro atoms. The van der Waals surface area contributed by atoms with Crippen LogP contribution < -0.4 is 5.46 Å². The summed E-state index contributed by atoms with van der Waals surface area (Å²) in [5, 5.41) is 9.43. The predicted octanol–water partition coefficient (Wildman–Crippen LogP) is 1.51. The van der Waals surface area contributed by atoms with Crippen LogP contribution in [0.3, 0.4) is 0 Å². The fourth-order valence-corrected chi connectivity index (χ4v) is 1.82. The molecule has 0 amide bonds. The van der Waals surface area contributed by atoms with E-state index in [4.69, 9.17) is 9.31 Å². The Kier molecular flexibility index (Phi) is 3.57. The zero-order valence-corrected chi connectivity index (χ0v) is 10.6. The monoisotopic (exact) mass is 234 g/mol. The van der Waals surface area contributed by atoms with Crippen LogP contribution in [0, 0.1) is 5.41 Å². The van der Waals surface area contributed by atoms with E-state index < -0.39 is 6.10 Å². The maximum Gasteiger partial charge on any atom is 0.493 e. The van der Waals surface area contributed by atoms with Gasteiger partial charge in [0.25, 0.3) is 0 Å². The first-order chi connectivity index (χ1) is 7.98. The van der Waals surface area contributed by atoms with Crippen LogP contribution in [0.1, 0.15) is 32.4 Å². The molecule has 0 aromatic heterocycles. The summed E-state index contributed by atoms with van der Waals surface area (Å²) in [6.07, 6.45) is -0.434. The minimum Gasteiger partial charge on any atom is -0.407 e. The van der Waals surface area contributed by atoms with E-state index in [-0.39, 0.29) is 12.5 Å². The molecule has 0 aliphatic carbocycles. The summed E-state index contributed by atoms with van der Waals surface area (Å²) in [6, 6.07) is 7.72. The number of aliphatic hydroxyl groups excluding tert-OH is 1. The van der Waals surface area contributed by atoms with E-state index in [1.54, 1.807) is 6.92 Å². The average Bonchev–Trinajstić information content (AvgIpc) is 2.29. The van der Waals surface area contributed by atoms with Crippen molar-refractivity contribution in [3.8, 4) is 0 Å². The van der Waals surface area contributed by atoms with Crippen LogP contribution in [0.25, 0.3) is 0 Å². The first kappa shape index (κ1) is 12.6. The molecule has 1 atom stereocenters. The third kappa shape index (κ3) is 3.09. The molecule has 0 bridgehead atoms. The van der Waals surface area contributed by atoms with Crippen LogP contribution in [0.15, 0.2) is 24.3 Å². The molecule has 4 heteroatoms. The van der Waals surface area contributed by atoms with Crippen molar-refractivity contribution >= 4 is 12.6 Å². The first-order valence-electron chi connectivity index (χ1n) is 5.99. The fourth-order valence-electron chi connectivity index (χ4n) is 1.82. The molecule has 0 saturated carbocycles. The average molecular weight is 234 g/mol. The highest BCUT2D eigenvalue weighted by molar-refractivity contribution is 6.61. The quantitative estimate of drug-likeness (QED) is 0.788. The highest BCUT2D eigenvalue weighted by Gasteiger charge is 2.33. The molecule has 1 heterocycles. The second-order valence-electron chi connectivity index (χ2n) is 5.46. The number of rotatable bonds is 2. The van der Waals surface area contributed by atoms with Gasteiger partial charge in [0.15, 0.2) is 0 Å². The van der Waals surface area contributed by atoms with Crippen LogP contribution in [-0.2, 0) is 9.31 Å². The van der Waals surface area contributed by atoms with Crippen molar-refractivity contribution in [2.24, 2.45) is 5.41 Å². The zero-order chi connectivity index (χ0) is 12.5. The van der Waals surface area contributed by atoms with Gasteiger partial charge in [-0.15, -0.1) is 0 Å². The standard InChI is InChI=1S/C13H19BO3/c1-10(15)11-4-6-12(7-5-11)14-16-8-13(2,3)9-17-14/h4-7,10,15H,8-9H2,1-3H3. The lowest BCUT2D eigenvalue weighted by Gasteiger charge is -2.33. The van der Waals surface area contributed by atoms with E-state index in [0.29, 0.717) is 13.2 Å². The molecule has 3 nitrogen and oxygen atoms in total. The number of hydrogen-bond donors (Lipinski definition) is 1. The summed E-state index contributed by atoms with van der Waals surface area (Å²) in [5.41, 5.74) is 2.01. The van der Waals surface area contributed by atoms with E-state index >= 15 is 0 Å². The van der Waals surface area contributed by atoms with Crippen LogP contribution in [0.4, 0.5) is 0 Å². The van der Waals surface area contributed by atoms with Gasteiger partial charge >= 0.3 is 7.12 Å². The van der Waals surface area contributed by atoms with E-state index in [9.17, 15) is 5.11 Å². The Morgan fingerprint density at radius 3 is 2.18 bits per heavy atom. The normalized spacial score (nSPS) is 21.3.